The first-order valence-electron chi connectivity index (χ1n) is 6.46. The highest BCUT2D eigenvalue weighted by molar-refractivity contribution is 5.79. The average molecular weight is 241 g/mol. The minimum absolute atomic E-state index is 0.147. The van der Waals surface area contributed by atoms with Crippen molar-refractivity contribution in [3.05, 3.63) is 35.4 Å². The Balaban J connectivity index is 2.00. The summed E-state index contributed by atoms with van der Waals surface area (Å²) in [6, 6.07) is 8.02. The van der Waals surface area contributed by atoms with Gasteiger partial charge in [-0.1, -0.05) is 30.2 Å². The molecule has 0 saturated heterocycles. The van der Waals surface area contributed by atoms with Gasteiger partial charge >= 0.3 is 0 Å². The first-order chi connectivity index (χ1) is 8.70. The van der Waals surface area contributed by atoms with Crippen LogP contribution in [0.25, 0.3) is 0 Å². The summed E-state index contributed by atoms with van der Waals surface area (Å²) in [5.74, 6) is 3.41. The summed E-state index contributed by atoms with van der Waals surface area (Å²) >= 11 is 0. The van der Waals surface area contributed by atoms with Crippen LogP contribution in [0.3, 0.4) is 0 Å². The predicted octanol–water partition coefficient (Wildman–Crippen LogP) is 2.41. The van der Waals surface area contributed by atoms with Crippen LogP contribution in [-0.2, 0) is 11.2 Å². The van der Waals surface area contributed by atoms with Crippen LogP contribution in [0.1, 0.15) is 24.0 Å². The highest BCUT2D eigenvalue weighted by Gasteiger charge is 2.26. The molecule has 1 saturated carbocycles. The van der Waals surface area contributed by atoms with Gasteiger partial charge in [-0.3, -0.25) is 4.79 Å². The Morgan fingerprint density at radius 3 is 2.78 bits per heavy atom. The topological polar surface area (TPSA) is 20.3 Å². The molecule has 0 N–H and O–H groups in total. The molecular weight excluding hydrogens is 222 g/mol. The second-order valence-electron chi connectivity index (χ2n) is 5.03. The van der Waals surface area contributed by atoms with Gasteiger partial charge in [0.1, 0.15) is 0 Å². The Morgan fingerprint density at radius 2 is 2.17 bits per heavy atom. The molecule has 1 aromatic carbocycles. The van der Waals surface area contributed by atoms with E-state index >= 15 is 0 Å². The number of carbonyl (C=O) groups excluding carboxylic acids is 1. The Bertz CT molecular complexity index is 468. The molecule has 1 amide bonds. The number of benzene rings is 1. The largest absolute Gasteiger partial charge is 0.331 e. The van der Waals surface area contributed by atoms with Crippen molar-refractivity contribution in [3.8, 4) is 12.3 Å². The molecule has 18 heavy (non-hydrogen) atoms. The maximum Gasteiger partial charge on any atom is 0.227 e. The van der Waals surface area contributed by atoms with E-state index in [9.17, 15) is 4.79 Å². The second kappa shape index (κ2) is 5.73. The van der Waals surface area contributed by atoms with Gasteiger partial charge in [-0.2, -0.15) is 0 Å². The zero-order valence-corrected chi connectivity index (χ0v) is 10.9. The van der Waals surface area contributed by atoms with Gasteiger partial charge in [0.15, 0.2) is 0 Å². The summed E-state index contributed by atoms with van der Waals surface area (Å²) in [6.45, 7) is 3.30. The summed E-state index contributed by atoms with van der Waals surface area (Å²) < 4.78 is 0. The van der Waals surface area contributed by atoms with E-state index in [4.69, 9.17) is 6.42 Å². The van der Waals surface area contributed by atoms with E-state index in [1.54, 1.807) is 0 Å². The van der Waals surface area contributed by atoms with Crippen molar-refractivity contribution in [2.75, 3.05) is 13.1 Å². The SMILES string of the molecule is C#CCN(CC1CC1)C(=O)Cc1ccccc1C. The Morgan fingerprint density at radius 1 is 1.44 bits per heavy atom. The maximum absolute atomic E-state index is 12.2. The normalized spacial score (nSPS) is 14.0. The summed E-state index contributed by atoms with van der Waals surface area (Å²) in [6.07, 6.45) is 8.27. The van der Waals surface area contributed by atoms with Crippen LogP contribution in [-0.4, -0.2) is 23.9 Å². The fourth-order valence-electron chi connectivity index (χ4n) is 2.06. The van der Waals surface area contributed by atoms with Crippen LogP contribution >= 0.6 is 0 Å². The molecule has 0 unspecified atom stereocenters. The van der Waals surface area contributed by atoms with Gasteiger partial charge in [-0.05, 0) is 36.8 Å². The molecule has 94 valence electrons. The molecule has 0 aromatic heterocycles. The van der Waals surface area contributed by atoms with Gasteiger partial charge in [0, 0.05) is 6.54 Å². The van der Waals surface area contributed by atoms with Crippen LogP contribution in [0.2, 0.25) is 0 Å². The number of terminal acetylenes is 1. The first kappa shape index (κ1) is 12.7. The highest BCUT2D eigenvalue weighted by Crippen LogP contribution is 2.29. The van der Waals surface area contributed by atoms with Gasteiger partial charge in [-0.25, -0.2) is 0 Å². The molecule has 2 rings (SSSR count). The molecular formula is C16H19NO. The summed E-state index contributed by atoms with van der Waals surface area (Å²) in [7, 11) is 0. The first-order valence-corrected chi connectivity index (χ1v) is 6.46. The Labute approximate surface area is 109 Å². The monoisotopic (exact) mass is 241 g/mol. The zero-order valence-electron chi connectivity index (χ0n) is 10.9. The van der Waals surface area contributed by atoms with E-state index in [2.05, 4.69) is 5.92 Å². The van der Waals surface area contributed by atoms with Crippen molar-refractivity contribution in [1.82, 2.24) is 4.90 Å². The molecule has 2 nitrogen and oxygen atoms in total. The molecule has 0 bridgehead atoms. The molecule has 1 fully saturated rings. The van der Waals surface area contributed by atoms with E-state index in [-0.39, 0.29) is 5.91 Å². The van der Waals surface area contributed by atoms with Gasteiger partial charge in [0.2, 0.25) is 5.91 Å². The third-order valence-electron chi connectivity index (χ3n) is 3.41. The summed E-state index contributed by atoms with van der Waals surface area (Å²) in [4.78, 5) is 14.1. The van der Waals surface area contributed by atoms with Crippen molar-refractivity contribution >= 4 is 5.91 Å². The minimum Gasteiger partial charge on any atom is -0.331 e. The summed E-state index contributed by atoms with van der Waals surface area (Å²) in [5.41, 5.74) is 2.26. The lowest BCUT2D eigenvalue weighted by Crippen LogP contribution is -2.34. The lowest BCUT2D eigenvalue weighted by Gasteiger charge is -2.20. The summed E-state index contributed by atoms with van der Waals surface area (Å²) in [5, 5.41) is 0. The number of amides is 1. The van der Waals surface area contributed by atoms with E-state index < -0.39 is 0 Å². The number of nitrogens with zero attached hydrogens (tertiary/aromatic N) is 1. The fraction of sp³-hybridized carbons (Fsp3) is 0.438. The van der Waals surface area contributed by atoms with Crippen LogP contribution in [0, 0.1) is 25.2 Å². The molecule has 1 aromatic rings. The molecule has 1 aliphatic rings. The second-order valence-corrected chi connectivity index (χ2v) is 5.03. The molecule has 0 aliphatic heterocycles. The third kappa shape index (κ3) is 3.37. The molecule has 2 heteroatoms. The van der Waals surface area contributed by atoms with E-state index in [1.165, 1.54) is 12.8 Å². The lowest BCUT2D eigenvalue weighted by atomic mass is 10.1. The van der Waals surface area contributed by atoms with E-state index in [0.717, 1.165) is 17.7 Å². The van der Waals surface area contributed by atoms with E-state index in [0.29, 0.717) is 18.9 Å². The van der Waals surface area contributed by atoms with Crippen molar-refractivity contribution in [2.24, 2.45) is 5.92 Å². The predicted molar refractivity (Wildman–Crippen MR) is 73.0 cm³/mol. The molecule has 1 aliphatic carbocycles. The van der Waals surface area contributed by atoms with Gasteiger partial charge < -0.3 is 4.90 Å². The quantitative estimate of drug-likeness (QED) is 0.725. The highest BCUT2D eigenvalue weighted by atomic mass is 16.2. The smallest absolute Gasteiger partial charge is 0.227 e. The number of aryl methyl sites for hydroxylation is 1. The molecule has 0 heterocycles. The van der Waals surface area contributed by atoms with Gasteiger partial charge in [0.25, 0.3) is 0 Å². The van der Waals surface area contributed by atoms with Crippen LogP contribution in [0.4, 0.5) is 0 Å². The van der Waals surface area contributed by atoms with Crippen molar-refractivity contribution in [1.29, 1.82) is 0 Å². The molecule has 0 radical (unpaired) electrons. The number of hydrogen-bond acceptors (Lipinski definition) is 1. The average Bonchev–Trinajstić information content (AvgIpc) is 3.15. The maximum atomic E-state index is 12.2. The fourth-order valence-corrected chi connectivity index (χ4v) is 2.06. The number of rotatable bonds is 5. The molecule has 0 spiro atoms. The zero-order chi connectivity index (χ0) is 13.0. The third-order valence-corrected chi connectivity index (χ3v) is 3.41. The minimum atomic E-state index is 0.147. The van der Waals surface area contributed by atoms with Gasteiger partial charge in [0.05, 0.1) is 13.0 Å². The van der Waals surface area contributed by atoms with E-state index in [1.807, 2.05) is 36.1 Å². The van der Waals surface area contributed by atoms with Crippen molar-refractivity contribution in [2.45, 2.75) is 26.2 Å². The Hall–Kier alpha value is -1.75. The van der Waals surface area contributed by atoms with Crippen LogP contribution < -0.4 is 0 Å². The number of carbonyl (C=O) groups is 1. The Kier molecular flexibility index (Phi) is 4.04. The van der Waals surface area contributed by atoms with Crippen molar-refractivity contribution in [3.63, 3.8) is 0 Å². The lowest BCUT2D eigenvalue weighted by molar-refractivity contribution is -0.130. The van der Waals surface area contributed by atoms with Crippen LogP contribution in [0.5, 0.6) is 0 Å². The van der Waals surface area contributed by atoms with Crippen molar-refractivity contribution < 1.29 is 4.79 Å². The van der Waals surface area contributed by atoms with Crippen LogP contribution in [0.15, 0.2) is 24.3 Å². The van der Waals surface area contributed by atoms with Gasteiger partial charge in [-0.15, -0.1) is 6.42 Å². The standard InChI is InChI=1S/C16H19NO/c1-3-10-17(12-14-8-9-14)16(18)11-15-7-5-4-6-13(15)2/h1,4-7,14H,8-12H2,2H3. The molecule has 0 atom stereocenters. The number of hydrogen-bond donors (Lipinski definition) is 0.